The van der Waals surface area contributed by atoms with E-state index in [-0.39, 0.29) is 27.9 Å². The van der Waals surface area contributed by atoms with Crippen molar-refractivity contribution in [3.8, 4) is 16.9 Å². The second-order valence-corrected chi connectivity index (χ2v) is 11.1. The summed E-state index contributed by atoms with van der Waals surface area (Å²) in [5.41, 5.74) is -1.83. The highest BCUT2D eigenvalue weighted by molar-refractivity contribution is 9.10. The fourth-order valence-corrected chi connectivity index (χ4v) is 5.42. The lowest BCUT2D eigenvalue weighted by Crippen LogP contribution is -2.54. The van der Waals surface area contributed by atoms with E-state index in [9.17, 15) is 40.9 Å². The van der Waals surface area contributed by atoms with E-state index in [4.69, 9.17) is 21.1 Å². The van der Waals surface area contributed by atoms with Gasteiger partial charge < -0.3 is 19.7 Å². The van der Waals surface area contributed by atoms with E-state index < -0.39 is 83.6 Å². The number of hydrogen-bond donors (Lipinski definition) is 2. The van der Waals surface area contributed by atoms with Gasteiger partial charge in [-0.2, -0.15) is 13.2 Å². The highest BCUT2D eigenvalue weighted by Crippen LogP contribution is 2.43. The van der Waals surface area contributed by atoms with Crippen molar-refractivity contribution in [3.63, 3.8) is 0 Å². The van der Waals surface area contributed by atoms with Crippen molar-refractivity contribution in [2.24, 2.45) is 0 Å². The molecular formula is C26H21BrClF7N6O4. The monoisotopic (exact) mass is 728 g/mol. The number of benzene rings is 2. The Kier molecular flexibility index (Phi) is 9.53. The fraction of sp³-hybridized carbons (Fsp3) is 0.385. The molecule has 2 aromatic heterocycles. The summed E-state index contributed by atoms with van der Waals surface area (Å²) in [6.07, 6.45) is -13.3. The Morgan fingerprint density at radius 2 is 1.80 bits per heavy atom. The van der Waals surface area contributed by atoms with Crippen LogP contribution in [0.1, 0.15) is 29.4 Å². The molecule has 242 valence electrons. The van der Waals surface area contributed by atoms with Crippen molar-refractivity contribution in [2.45, 2.75) is 50.0 Å². The van der Waals surface area contributed by atoms with Crippen LogP contribution in [0.4, 0.5) is 30.7 Å². The topological polar surface area (TPSA) is 120 Å². The average Bonchev–Trinajstić information content (AvgIpc) is 3.60. The number of hydrogen-bond acceptors (Lipinski definition) is 8. The minimum atomic E-state index is -4.87. The third kappa shape index (κ3) is 6.57. The number of ether oxygens (including phenoxy) is 2. The third-order valence-electron chi connectivity index (χ3n) is 6.99. The molecule has 1 aliphatic rings. The Morgan fingerprint density at radius 3 is 2.42 bits per heavy atom. The van der Waals surface area contributed by atoms with Gasteiger partial charge in [-0.05, 0) is 53.2 Å². The summed E-state index contributed by atoms with van der Waals surface area (Å²) in [4.78, 5) is 0. The predicted molar refractivity (Wildman–Crippen MR) is 145 cm³/mol. The largest absolute Gasteiger partial charge is 0.418 e. The second-order valence-electron chi connectivity index (χ2n) is 9.89. The molecule has 0 saturated carbocycles. The van der Waals surface area contributed by atoms with Gasteiger partial charge in [0.15, 0.2) is 5.82 Å². The Labute approximate surface area is 262 Å². The van der Waals surface area contributed by atoms with Crippen LogP contribution >= 0.6 is 27.5 Å². The molecule has 0 aliphatic carbocycles. The molecule has 0 bridgehead atoms. The van der Waals surface area contributed by atoms with Crippen LogP contribution in [0.25, 0.3) is 16.9 Å². The van der Waals surface area contributed by atoms with Gasteiger partial charge in [0.05, 0.1) is 28.5 Å². The van der Waals surface area contributed by atoms with E-state index in [0.717, 1.165) is 45.8 Å². The summed E-state index contributed by atoms with van der Waals surface area (Å²) in [6, 6.07) is 3.15. The Balaban J connectivity index is 1.65. The molecule has 4 aromatic rings. The van der Waals surface area contributed by atoms with Gasteiger partial charge in [-0.1, -0.05) is 16.8 Å². The summed E-state index contributed by atoms with van der Waals surface area (Å²) in [5, 5.41) is 36.8. The van der Waals surface area contributed by atoms with Crippen LogP contribution in [0.5, 0.6) is 0 Å². The van der Waals surface area contributed by atoms with Crippen molar-refractivity contribution < 1.29 is 50.4 Å². The van der Waals surface area contributed by atoms with Crippen molar-refractivity contribution in [2.75, 3.05) is 13.2 Å². The quantitative estimate of drug-likeness (QED) is 0.187. The van der Waals surface area contributed by atoms with Crippen molar-refractivity contribution in [1.29, 1.82) is 0 Å². The van der Waals surface area contributed by atoms with Gasteiger partial charge >= 0.3 is 6.18 Å². The first kappa shape index (κ1) is 33.2. The van der Waals surface area contributed by atoms with E-state index in [2.05, 4.69) is 36.4 Å². The van der Waals surface area contributed by atoms with Gasteiger partial charge in [-0.25, -0.2) is 22.2 Å². The van der Waals surface area contributed by atoms with Gasteiger partial charge in [0.25, 0.3) is 6.43 Å². The van der Waals surface area contributed by atoms with Crippen molar-refractivity contribution in [1.82, 2.24) is 29.8 Å². The van der Waals surface area contributed by atoms with Gasteiger partial charge in [0.2, 0.25) is 0 Å². The van der Waals surface area contributed by atoms with E-state index >= 15 is 0 Å². The molecule has 1 fully saturated rings. The molecule has 5 rings (SSSR count). The number of aromatic nitrogens is 6. The Morgan fingerprint density at radius 1 is 1.11 bits per heavy atom. The molecule has 19 heteroatoms. The lowest BCUT2D eigenvalue weighted by Gasteiger charge is -2.43. The van der Waals surface area contributed by atoms with E-state index in [1.165, 1.54) is 6.92 Å². The zero-order valence-corrected chi connectivity index (χ0v) is 25.0. The standard InChI is InChI=1S/C26H21BrClF7N6O4/c1-10-36-38-25(41(10)17-6-12(28)2-3-13(17)26(33,34)35)24-23(44-9-19(31)32)21(22(43)18(8-42)45-24)40-7-16(37-39-40)11-4-14(29)20(27)15(30)5-11/h2-7,18-19,21-24,42-43H,8-9H2,1H3/t18-,21+,22+,23-,24-/m1/s1. The maximum absolute atomic E-state index is 14.2. The molecule has 1 aliphatic heterocycles. The predicted octanol–water partition coefficient (Wildman–Crippen LogP) is 5.23. The number of aliphatic hydroxyl groups is 2. The molecule has 0 amide bonds. The van der Waals surface area contributed by atoms with Gasteiger partial charge in [0, 0.05) is 10.6 Å². The Bertz CT molecular complexity index is 1670. The third-order valence-corrected chi connectivity index (χ3v) is 7.98. The lowest BCUT2D eigenvalue weighted by molar-refractivity contribution is -0.229. The smallest absolute Gasteiger partial charge is 0.394 e. The number of aryl methyl sites for hydroxylation is 1. The maximum Gasteiger partial charge on any atom is 0.418 e. The molecule has 10 nitrogen and oxygen atoms in total. The number of rotatable bonds is 8. The van der Waals surface area contributed by atoms with Crippen LogP contribution in [0.15, 0.2) is 41.0 Å². The minimum absolute atomic E-state index is 0.0719. The first-order valence-corrected chi connectivity index (χ1v) is 14.1. The van der Waals surface area contributed by atoms with E-state index in [1.54, 1.807) is 0 Å². The average molecular weight is 730 g/mol. The molecule has 3 heterocycles. The molecule has 2 aromatic carbocycles. The van der Waals surface area contributed by atoms with Crippen LogP contribution in [-0.2, 0) is 15.7 Å². The van der Waals surface area contributed by atoms with Crippen molar-refractivity contribution >= 4 is 27.5 Å². The summed E-state index contributed by atoms with van der Waals surface area (Å²) in [6.45, 7) is -0.746. The van der Waals surface area contributed by atoms with Crippen LogP contribution in [0.2, 0.25) is 5.02 Å². The zero-order valence-electron chi connectivity index (χ0n) is 22.6. The molecule has 0 radical (unpaired) electrons. The lowest BCUT2D eigenvalue weighted by atomic mass is 9.91. The molecule has 2 N–H and O–H groups in total. The Hall–Kier alpha value is -3.16. The van der Waals surface area contributed by atoms with Gasteiger partial charge in [-0.15, -0.1) is 15.3 Å². The SMILES string of the molecule is Cc1nnc([C@@H]2O[C@H](CO)[C@H](O)[C@H](n3cc(-c4cc(F)c(Br)c(F)c4)nn3)[C@H]2OCC(F)F)n1-c1cc(Cl)ccc1C(F)(F)F. The van der Waals surface area contributed by atoms with Crippen molar-refractivity contribution in [3.05, 3.63) is 74.9 Å². The first-order valence-electron chi connectivity index (χ1n) is 12.9. The fourth-order valence-electron chi connectivity index (χ4n) is 5.02. The number of nitrogens with zero attached hydrogens (tertiary/aromatic N) is 6. The highest BCUT2D eigenvalue weighted by Gasteiger charge is 2.50. The van der Waals surface area contributed by atoms with Crippen LogP contribution < -0.4 is 0 Å². The first-order chi connectivity index (χ1) is 21.2. The summed E-state index contributed by atoms with van der Waals surface area (Å²) in [5.74, 6) is -2.37. The molecule has 45 heavy (non-hydrogen) atoms. The molecule has 5 atom stereocenters. The van der Waals surface area contributed by atoms with Crippen LogP contribution in [-0.4, -0.2) is 77.9 Å². The van der Waals surface area contributed by atoms with Gasteiger partial charge in [0.1, 0.15) is 60.2 Å². The maximum atomic E-state index is 14.2. The number of halogens is 9. The second kappa shape index (κ2) is 12.9. The minimum Gasteiger partial charge on any atom is -0.394 e. The van der Waals surface area contributed by atoms with E-state index in [0.29, 0.717) is 0 Å². The van der Waals surface area contributed by atoms with E-state index in [1.807, 2.05) is 0 Å². The molecule has 0 unspecified atom stereocenters. The summed E-state index contributed by atoms with van der Waals surface area (Å²) < 4.78 is 110. The summed E-state index contributed by atoms with van der Waals surface area (Å²) >= 11 is 8.80. The van der Waals surface area contributed by atoms with Crippen LogP contribution in [0, 0.1) is 18.6 Å². The molecule has 0 spiro atoms. The highest BCUT2D eigenvalue weighted by atomic mass is 79.9. The normalized spacial score (nSPS) is 22.4. The zero-order chi connectivity index (χ0) is 32.8. The molecular weight excluding hydrogens is 709 g/mol. The van der Waals surface area contributed by atoms with Gasteiger partial charge in [-0.3, -0.25) is 4.57 Å². The number of aliphatic hydroxyl groups excluding tert-OH is 2. The molecule has 1 saturated heterocycles. The van der Waals surface area contributed by atoms with Crippen LogP contribution in [0.3, 0.4) is 0 Å². The number of alkyl halides is 5. The summed E-state index contributed by atoms with van der Waals surface area (Å²) in [7, 11) is 0.